The first-order chi connectivity index (χ1) is 7.00. The molecule has 0 amide bonds. The number of Topliss-reactive ketones (excluding diaryl/α,β-unsaturated/α-hetero) is 1. The Hall–Kier alpha value is -1.06. The van der Waals surface area contributed by atoms with Crippen molar-refractivity contribution in [1.82, 2.24) is 0 Å². The molecule has 1 unspecified atom stereocenters. The summed E-state index contributed by atoms with van der Waals surface area (Å²) in [6, 6.07) is 6.78. The molecule has 0 radical (unpaired) electrons. The first-order valence-corrected chi connectivity index (χ1v) is 5.03. The van der Waals surface area contributed by atoms with Crippen LogP contribution in [-0.4, -0.2) is 11.9 Å². The first-order valence-electron chi connectivity index (χ1n) is 5.03. The molecule has 0 bridgehead atoms. The van der Waals surface area contributed by atoms with Crippen LogP contribution in [0, 0.1) is 0 Å². The van der Waals surface area contributed by atoms with Gasteiger partial charge in [-0.2, -0.15) is 0 Å². The second-order valence-electron chi connectivity index (χ2n) is 3.82. The molecular formula is C12H18ClNO2. The predicted molar refractivity (Wildman–Crippen MR) is 67.1 cm³/mol. The monoisotopic (exact) mass is 243 g/mol. The number of ketones is 1. The van der Waals surface area contributed by atoms with Crippen molar-refractivity contribution in [2.75, 3.05) is 0 Å². The van der Waals surface area contributed by atoms with E-state index in [1.165, 1.54) is 6.92 Å². The molecule has 0 fully saturated rings. The molecule has 2 N–H and O–H groups in total. The highest BCUT2D eigenvalue weighted by Crippen LogP contribution is 2.17. The van der Waals surface area contributed by atoms with Crippen molar-refractivity contribution < 1.29 is 9.53 Å². The molecular weight excluding hydrogens is 226 g/mol. The van der Waals surface area contributed by atoms with Crippen LogP contribution in [0.3, 0.4) is 0 Å². The summed E-state index contributed by atoms with van der Waals surface area (Å²) in [6.07, 6.45) is 0.150. The topological polar surface area (TPSA) is 52.3 Å². The Morgan fingerprint density at radius 3 is 2.12 bits per heavy atom. The van der Waals surface area contributed by atoms with Crippen molar-refractivity contribution in [2.24, 2.45) is 5.73 Å². The predicted octanol–water partition coefficient (Wildman–Crippen LogP) is 2.48. The fourth-order valence-corrected chi connectivity index (χ4v) is 1.26. The van der Waals surface area contributed by atoms with Gasteiger partial charge in [0.2, 0.25) is 0 Å². The molecule has 0 heterocycles. The molecule has 1 rings (SSSR count). The Morgan fingerprint density at radius 2 is 1.75 bits per heavy atom. The molecule has 0 aliphatic carbocycles. The van der Waals surface area contributed by atoms with Crippen molar-refractivity contribution in [3.8, 4) is 5.75 Å². The van der Waals surface area contributed by atoms with E-state index in [2.05, 4.69) is 0 Å². The minimum Gasteiger partial charge on any atom is -0.491 e. The minimum atomic E-state index is -0.530. The van der Waals surface area contributed by atoms with Crippen LogP contribution in [0.5, 0.6) is 5.75 Å². The molecule has 90 valence electrons. The standard InChI is InChI=1S/C12H17NO2.ClH/c1-8(2)15-11-6-4-10(5-7-11)12(13)9(3)14;/h4-8,12H,13H2,1-3H3;1H. The number of rotatable bonds is 4. The van der Waals surface area contributed by atoms with Crippen molar-refractivity contribution >= 4 is 18.2 Å². The van der Waals surface area contributed by atoms with Crippen LogP contribution in [0.25, 0.3) is 0 Å². The van der Waals surface area contributed by atoms with E-state index in [0.717, 1.165) is 11.3 Å². The SMILES string of the molecule is CC(=O)C(N)c1ccc(OC(C)C)cc1.Cl. The summed E-state index contributed by atoms with van der Waals surface area (Å²) < 4.78 is 5.48. The Bertz CT molecular complexity index is 335. The van der Waals surface area contributed by atoms with Gasteiger partial charge in [0.1, 0.15) is 5.75 Å². The molecule has 4 heteroatoms. The molecule has 0 saturated carbocycles. The number of nitrogens with two attached hydrogens (primary N) is 1. The largest absolute Gasteiger partial charge is 0.491 e. The van der Waals surface area contributed by atoms with E-state index in [-0.39, 0.29) is 24.3 Å². The van der Waals surface area contributed by atoms with E-state index < -0.39 is 6.04 Å². The maximum Gasteiger partial charge on any atom is 0.150 e. The zero-order valence-corrected chi connectivity index (χ0v) is 10.6. The minimum absolute atomic E-state index is 0. The third-order valence-electron chi connectivity index (χ3n) is 2.05. The number of halogens is 1. The van der Waals surface area contributed by atoms with Crippen LogP contribution in [-0.2, 0) is 4.79 Å². The van der Waals surface area contributed by atoms with Gasteiger partial charge in [-0.05, 0) is 38.5 Å². The summed E-state index contributed by atoms with van der Waals surface area (Å²) in [5.74, 6) is 0.761. The summed E-state index contributed by atoms with van der Waals surface area (Å²) in [7, 11) is 0. The van der Waals surface area contributed by atoms with Gasteiger partial charge in [-0.3, -0.25) is 4.79 Å². The molecule has 0 aliphatic heterocycles. The van der Waals surface area contributed by atoms with E-state index >= 15 is 0 Å². The highest BCUT2D eigenvalue weighted by molar-refractivity contribution is 5.85. The Morgan fingerprint density at radius 1 is 1.25 bits per heavy atom. The van der Waals surface area contributed by atoms with Gasteiger partial charge in [-0.25, -0.2) is 0 Å². The molecule has 0 aromatic heterocycles. The molecule has 1 atom stereocenters. The maximum atomic E-state index is 11.1. The van der Waals surface area contributed by atoms with Gasteiger partial charge in [-0.15, -0.1) is 12.4 Å². The third-order valence-corrected chi connectivity index (χ3v) is 2.05. The third kappa shape index (κ3) is 4.21. The van der Waals surface area contributed by atoms with Crippen molar-refractivity contribution in [1.29, 1.82) is 0 Å². The van der Waals surface area contributed by atoms with Gasteiger partial charge in [0, 0.05) is 0 Å². The molecule has 1 aromatic carbocycles. The molecule has 0 aliphatic rings. The molecule has 16 heavy (non-hydrogen) atoms. The average Bonchev–Trinajstić information content (AvgIpc) is 2.17. The molecule has 3 nitrogen and oxygen atoms in total. The summed E-state index contributed by atoms with van der Waals surface area (Å²) in [5, 5.41) is 0. The van der Waals surface area contributed by atoms with Gasteiger partial charge < -0.3 is 10.5 Å². The number of hydrogen-bond donors (Lipinski definition) is 1. The van der Waals surface area contributed by atoms with Gasteiger partial charge in [-0.1, -0.05) is 12.1 Å². The molecule has 0 spiro atoms. The van der Waals surface area contributed by atoms with Crippen LogP contribution in [0.2, 0.25) is 0 Å². The highest BCUT2D eigenvalue weighted by atomic mass is 35.5. The zero-order valence-electron chi connectivity index (χ0n) is 9.77. The van der Waals surface area contributed by atoms with Crippen LogP contribution >= 0.6 is 12.4 Å². The van der Waals surface area contributed by atoms with E-state index in [0.29, 0.717) is 0 Å². The fourth-order valence-electron chi connectivity index (χ4n) is 1.26. The van der Waals surface area contributed by atoms with Crippen LogP contribution in [0.15, 0.2) is 24.3 Å². The smallest absolute Gasteiger partial charge is 0.150 e. The lowest BCUT2D eigenvalue weighted by atomic mass is 10.0. The van der Waals surface area contributed by atoms with Crippen molar-refractivity contribution in [3.05, 3.63) is 29.8 Å². The van der Waals surface area contributed by atoms with Gasteiger partial charge in [0.15, 0.2) is 5.78 Å². The maximum absolute atomic E-state index is 11.1. The first kappa shape index (κ1) is 14.9. The van der Waals surface area contributed by atoms with Crippen LogP contribution in [0.1, 0.15) is 32.4 Å². The lowest BCUT2D eigenvalue weighted by Crippen LogP contribution is -2.18. The number of carbonyl (C=O) groups is 1. The van der Waals surface area contributed by atoms with E-state index in [1.807, 2.05) is 38.1 Å². The molecule has 1 aromatic rings. The average molecular weight is 244 g/mol. The van der Waals surface area contributed by atoms with Gasteiger partial charge >= 0.3 is 0 Å². The van der Waals surface area contributed by atoms with E-state index in [4.69, 9.17) is 10.5 Å². The number of ether oxygens (including phenoxy) is 1. The Labute approximate surface area is 102 Å². The Balaban J connectivity index is 0.00000225. The Kier molecular flexibility index (Phi) is 6.08. The second-order valence-corrected chi connectivity index (χ2v) is 3.82. The van der Waals surface area contributed by atoms with Crippen LogP contribution < -0.4 is 10.5 Å². The van der Waals surface area contributed by atoms with Gasteiger partial charge in [0.05, 0.1) is 12.1 Å². The quantitative estimate of drug-likeness (QED) is 0.884. The fraction of sp³-hybridized carbons (Fsp3) is 0.417. The summed E-state index contributed by atoms with van der Waals surface area (Å²) in [4.78, 5) is 11.1. The summed E-state index contributed by atoms with van der Waals surface area (Å²) >= 11 is 0. The zero-order chi connectivity index (χ0) is 11.4. The van der Waals surface area contributed by atoms with Crippen LogP contribution in [0.4, 0.5) is 0 Å². The van der Waals surface area contributed by atoms with Gasteiger partial charge in [0.25, 0.3) is 0 Å². The molecule has 0 saturated heterocycles. The summed E-state index contributed by atoms with van der Waals surface area (Å²) in [6.45, 7) is 5.42. The van der Waals surface area contributed by atoms with Crippen molar-refractivity contribution in [2.45, 2.75) is 32.9 Å². The lowest BCUT2D eigenvalue weighted by molar-refractivity contribution is -0.118. The second kappa shape index (κ2) is 6.51. The number of hydrogen-bond acceptors (Lipinski definition) is 3. The summed E-state index contributed by atoms with van der Waals surface area (Å²) in [5.41, 5.74) is 6.52. The number of carbonyl (C=O) groups excluding carboxylic acids is 1. The number of benzene rings is 1. The van der Waals surface area contributed by atoms with Crippen molar-refractivity contribution in [3.63, 3.8) is 0 Å². The lowest BCUT2D eigenvalue weighted by Gasteiger charge is -2.12. The highest BCUT2D eigenvalue weighted by Gasteiger charge is 2.10. The van der Waals surface area contributed by atoms with E-state index in [9.17, 15) is 4.79 Å². The normalized spacial score (nSPS) is 11.8. The van der Waals surface area contributed by atoms with E-state index in [1.54, 1.807) is 0 Å².